The Morgan fingerprint density at radius 2 is 1.81 bits per heavy atom. The summed E-state index contributed by atoms with van der Waals surface area (Å²) >= 11 is 0. The van der Waals surface area contributed by atoms with E-state index < -0.39 is 24.1 Å². The van der Waals surface area contributed by atoms with Crippen molar-refractivity contribution >= 4 is 24.0 Å². The minimum Gasteiger partial charge on any atom is -0.493 e. The predicted octanol–water partition coefficient (Wildman–Crippen LogP) is 2.56. The van der Waals surface area contributed by atoms with Crippen LogP contribution in [0.25, 0.3) is 6.08 Å². The molecule has 0 aromatic heterocycles. The van der Waals surface area contributed by atoms with Crippen molar-refractivity contribution < 1.29 is 33.3 Å². The molecule has 0 aliphatic carbocycles. The average molecular weight is 379 g/mol. The molecule has 8 nitrogen and oxygen atoms in total. The Kier molecular flexibility index (Phi) is 8.84. The van der Waals surface area contributed by atoms with Crippen molar-refractivity contribution in [1.29, 1.82) is 0 Å². The van der Waals surface area contributed by atoms with Gasteiger partial charge in [-0.05, 0) is 36.6 Å². The number of ether oxygens (including phenoxy) is 4. The molecule has 2 amide bonds. The Hall–Kier alpha value is -3.03. The first-order chi connectivity index (χ1) is 12.8. The summed E-state index contributed by atoms with van der Waals surface area (Å²) in [7, 11) is 2.65. The lowest BCUT2D eigenvalue weighted by Crippen LogP contribution is -2.39. The lowest BCUT2D eigenvalue weighted by atomic mass is 10.2. The molecular weight excluding hydrogens is 354 g/mol. The number of alkyl carbamates (subject to hydrolysis) is 1. The SMILES string of the molecule is COC(=O)NC(=O)[C@H](C)OC(=O)/C=C/c1ccc(OCC(C)C)c(OC)c1. The monoisotopic (exact) mass is 379 g/mol. The summed E-state index contributed by atoms with van der Waals surface area (Å²) in [6, 6.07) is 5.22. The second kappa shape index (κ2) is 10.8. The number of benzene rings is 1. The highest BCUT2D eigenvalue weighted by molar-refractivity contribution is 5.96. The molecule has 0 saturated heterocycles. The third-order valence-corrected chi connectivity index (χ3v) is 3.24. The summed E-state index contributed by atoms with van der Waals surface area (Å²) in [5.41, 5.74) is 0.687. The fourth-order valence-electron chi connectivity index (χ4n) is 1.85. The zero-order valence-corrected chi connectivity index (χ0v) is 16.1. The molecule has 1 aromatic rings. The first-order valence-electron chi connectivity index (χ1n) is 8.35. The normalized spacial score (nSPS) is 11.8. The number of hydrogen-bond donors (Lipinski definition) is 1. The van der Waals surface area contributed by atoms with E-state index in [1.165, 1.54) is 26.2 Å². The van der Waals surface area contributed by atoms with Crippen molar-refractivity contribution in [3.8, 4) is 11.5 Å². The summed E-state index contributed by atoms with van der Waals surface area (Å²) in [6.07, 6.45) is 0.612. The maximum atomic E-state index is 11.8. The van der Waals surface area contributed by atoms with Gasteiger partial charge in [-0.1, -0.05) is 19.9 Å². The lowest BCUT2D eigenvalue weighted by Gasteiger charge is -2.13. The minimum atomic E-state index is -1.15. The second-order valence-corrected chi connectivity index (χ2v) is 6.01. The molecule has 1 rings (SSSR count). The van der Waals surface area contributed by atoms with Gasteiger partial charge in [-0.25, -0.2) is 9.59 Å². The standard InChI is InChI=1S/C19H25NO7/c1-12(2)11-26-15-8-6-14(10-16(15)24-4)7-9-17(21)27-13(3)18(22)20-19(23)25-5/h6-10,12-13H,11H2,1-5H3,(H,20,22,23)/b9-7+/t13-/m0/s1. The van der Waals surface area contributed by atoms with Gasteiger partial charge in [0.15, 0.2) is 17.6 Å². The van der Waals surface area contributed by atoms with E-state index in [0.29, 0.717) is 29.6 Å². The molecular formula is C19H25NO7. The number of hydrogen-bond acceptors (Lipinski definition) is 7. The molecule has 0 bridgehead atoms. The number of carbonyl (C=O) groups is 3. The maximum absolute atomic E-state index is 11.8. The van der Waals surface area contributed by atoms with Gasteiger partial charge in [-0.15, -0.1) is 0 Å². The van der Waals surface area contributed by atoms with E-state index in [2.05, 4.69) is 4.74 Å². The van der Waals surface area contributed by atoms with Crippen molar-refractivity contribution in [2.45, 2.75) is 26.9 Å². The minimum absolute atomic E-state index is 0.377. The fraction of sp³-hybridized carbons (Fsp3) is 0.421. The van der Waals surface area contributed by atoms with Crippen molar-refractivity contribution in [1.82, 2.24) is 5.32 Å². The number of carbonyl (C=O) groups excluding carboxylic acids is 3. The van der Waals surface area contributed by atoms with Gasteiger partial charge in [0.05, 0.1) is 20.8 Å². The van der Waals surface area contributed by atoms with E-state index in [0.717, 1.165) is 7.11 Å². The highest BCUT2D eigenvalue weighted by Gasteiger charge is 2.19. The fourth-order valence-corrected chi connectivity index (χ4v) is 1.85. The third-order valence-electron chi connectivity index (χ3n) is 3.24. The van der Waals surface area contributed by atoms with Crippen LogP contribution in [0.2, 0.25) is 0 Å². The van der Waals surface area contributed by atoms with Crippen LogP contribution in [0.4, 0.5) is 4.79 Å². The Labute approximate surface area is 158 Å². The van der Waals surface area contributed by atoms with Crippen molar-refractivity contribution in [3.05, 3.63) is 29.8 Å². The summed E-state index contributed by atoms with van der Waals surface area (Å²) in [4.78, 5) is 34.4. The van der Waals surface area contributed by atoms with Crippen LogP contribution in [0.15, 0.2) is 24.3 Å². The maximum Gasteiger partial charge on any atom is 0.413 e. The van der Waals surface area contributed by atoms with Crippen LogP contribution >= 0.6 is 0 Å². The smallest absolute Gasteiger partial charge is 0.413 e. The molecule has 1 atom stereocenters. The van der Waals surface area contributed by atoms with Crippen LogP contribution in [-0.4, -0.2) is 44.9 Å². The van der Waals surface area contributed by atoms with Gasteiger partial charge >= 0.3 is 12.1 Å². The van der Waals surface area contributed by atoms with Crippen LogP contribution in [0.3, 0.4) is 0 Å². The molecule has 0 aliphatic rings. The number of methoxy groups -OCH3 is 2. The van der Waals surface area contributed by atoms with Crippen molar-refractivity contribution in [2.75, 3.05) is 20.8 Å². The van der Waals surface area contributed by atoms with Crippen LogP contribution in [-0.2, 0) is 19.1 Å². The quantitative estimate of drug-likeness (QED) is 0.547. The average Bonchev–Trinajstić information content (AvgIpc) is 2.64. The predicted molar refractivity (Wildman–Crippen MR) is 98.5 cm³/mol. The van der Waals surface area contributed by atoms with E-state index in [1.807, 2.05) is 19.2 Å². The van der Waals surface area contributed by atoms with Gasteiger partial charge in [-0.2, -0.15) is 0 Å². The van der Waals surface area contributed by atoms with E-state index in [9.17, 15) is 14.4 Å². The molecule has 0 unspecified atom stereocenters. The Bertz CT molecular complexity index is 697. The first-order valence-corrected chi connectivity index (χ1v) is 8.35. The highest BCUT2D eigenvalue weighted by Crippen LogP contribution is 2.29. The zero-order chi connectivity index (χ0) is 20.4. The molecule has 8 heteroatoms. The van der Waals surface area contributed by atoms with Crippen LogP contribution in [0.1, 0.15) is 26.3 Å². The molecule has 0 radical (unpaired) electrons. The summed E-state index contributed by atoms with van der Waals surface area (Å²) < 4.78 is 20.2. The Morgan fingerprint density at radius 1 is 1.11 bits per heavy atom. The lowest BCUT2D eigenvalue weighted by molar-refractivity contribution is -0.149. The van der Waals surface area contributed by atoms with Gasteiger partial charge < -0.3 is 18.9 Å². The Morgan fingerprint density at radius 3 is 2.41 bits per heavy atom. The van der Waals surface area contributed by atoms with Crippen LogP contribution in [0.5, 0.6) is 11.5 Å². The van der Waals surface area contributed by atoms with E-state index in [-0.39, 0.29) is 0 Å². The molecule has 0 fully saturated rings. The number of imide groups is 1. The Balaban J connectivity index is 2.68. The number of rotatable bonds is 8. The summed E-state index contributed by atoms with van der Waals surface area (Å²) in [6.45, 7) is 5.99. The van der Waals surface area contributed by atoms with Gasteiger partial charge in [0.1, 0.15) is 0 Å². The largest absolute Gasteiger partial charge is 0.493 e. The summed E-state index contributed by atoms with van der Waals surface area (Å²) in [5.74, 6) is 0.0111. The van der Waals surface area contributed by atoms with Gasteiger partial charge in [0.25, 0.3) is 5.91 Å². The zero-order valence-electron chi connectivity index (χ0n) is 16.1. The third kappa shape index (κ3) is 7.81. The van der Waals surface area contributed by atoms with Gasteiger partial charge in [0.2, 0.25) is 0 Å². The first kappa shape index (κ1) is 22.0. The number of nitrogens with one attached hydrogen (secondary N) is 1. The van der Waals surface area contributed by atoms with E-state index in [4.69, 9.17) is 14.2 Å². The molecule has 0 heterocycles. The van der Waals surface area contributed by atoms with E-state index >= 15 is 0 Å². The van der Waals surface area contributed by atoms with Crippen molar-refractivity contribution in [2.24, 2.45) is 5.92 Å². The molecule has 1 aromatic carbocycles. The van der Waals surface area contributed by atoms with Crippen LogP contribution < -0.4 is 14.8 Å². The number of amides is 2. The molecule has 148 valence electrons. The molecule has 0 aliphatic heterocycles. The second-order valence-electron chi connectivity index (χ2n) is 6.01. The van der Waals surface area contributed by atoms with E-state index in [1.54, 1.807) is 18.2 Å². The molecule has 0 saturated carbocycles. The molecule has 0 spiro atoms. The van der Waals surface area contributed by atoms with Gasteiger partial charge in [0, 0.05) is 6.08 Å². The van der Waals surface area contributed by atoms with Crippen molar-refractivity contribution in [3.63, 3.8) is 0 Å². The topological polar surface area (TPSA) is 100 Å². The van der Waals surface area contributed by atoms with Crippen LogP contribution in [0, 0.1) is 5.92 Å². The number of esters is 1. The molecule has 1 N–H and O–H groups in total. The molecule has 27 heavy (non-hydrogen) atoms. The van der Waals surface area contributed by atoms with Gasteiger partial charge in [-0.3, -0.25) is 10.1 Å². The summed E-state index contributed by atoms with van der Waals surface area (Å²) in [5, 5.41) is 1.92. The highest BCUT2D eigenvalue weighted by atomic mass is 16.6.